The van der Waals surface area contributed by atoms with E-state index in [1.807, 2.05) is 26.8 Å². The maximum absolute atomic E-state index is 11.7. The summed E-state index contributed by atoms with van der Waals surface area (Å²) in [6.07, 6.45) is 3.93. The minimum atomic E-state index is -4.41. The molecule has 0 saturated heterocycles. The van der Waals surface area contributed by atoms with Crippen LogP contribution in [0, 0.1) is 13.8 Å². The Morgan fingerprint density at radius 3 is 2.27 bits per heavy atom. The van der Waals surface area contributed by atoms with Gasteiger partial charge in [0.1, 0.15) is 18.3 Å². The van der Waals surface area contributed by atoms with E-state index < -0.39 is 16.5 Å². The third-order valence-corrected chi connectivity index (χ3v) is 4.77. The van der Waals surface area contributed by atoms with Crippen LogP contribution in [0.3, 0.4) is 0 Å². The lowest BCUT2D eigenvalue weighted by Crippen LogP contribution is -2.30. The quantitative estimate of drug-likeness (QED) is 0.316. The van der Waals surface area contributed by atoms with Crippen molar-refractivity contribution in [3.05, 3.63) is 23.3 Å². The molecule has 0 atom stereocenters. The van der Waals surface area contributed by atoms with Crippen molar-refractivity contribution in [2.45, 2.75) is 25.7 Å². The summed E-state index contributed by atoms with van der Waals surface area (Å²) in [6, 6.07) is 4.03. The molecule has 8 nitrogen and oxygen atoms in total. The minimum Gasteiger partial charge on any atom is -0.726 e. The van der Waals surface area contributed by atoms with Crippen molar-refractivity contribution in [2.24, 2.45) is 0 Å². The van der Waals surface area contributed by atoms with Crippen molar-refractivity contribution < 1.29 is 31.4 Å². The zero-order valence-electron chi connectivity index (χ0n) is 16.0. The molecule has 0 aliphatic rings. The van der Waals surface area contributed by atoms with E-state index in [1.165, 1.54) is 4.90 Å². The van der Waals surface area contributed by atoms with Crippen LogP contribution >= 0.6 is 0 Å². The summed E-state index contributed by atoms with van der Waals surface area (Å²) in [4.78, 5) is 13.0. The van der Waals surface area contributed by atoms with E-state index in [-0.39, 0.29) is 10.9 Å². The van der Waals surface area contributed by atoms with Crippen molar-refractivity contribution in [1.29, 1.82) is 0 Å². The molecule has 1 aromatic rings. The molecule has 0 aliphatic heterocycles. The zero-order valence-corrected chi connectivity index (χ0v) is 17.6. The summed E-state index contributed by atoms with van der Waals surface area (Å²) in [6.45, 7) is 7.52. The van der Waals surface area contributed by atoms with Gasteiger partial charge < -0.3 is 19.3 Å². The van der Waals surface area contributed by atoms with Crippen molar-refractivity contribution in [3.8, 4) is 5.75 Å². The van der Waals surface area contributed by atoms with Gasteiger partial charge in [0, 0.05) is 35.7 Å². The van der Waals surface area contributed by atoms with Crippen molar-refractivity contribution in [3.63, 3.8) is 0 Å². The Labute approximate surface area is 158 Å². The van der Waals surface area contributed by atoms with E-state index in [0.29, 0.717) is 25.5 Å². The fourth-order valence-electron chi connectivity index (χ4n) is 1.82. The molecule has 0 aromatic heterocycles. The molecule has 10 heteroatoms. The largest absolute Gasteiger partial charge is 0.726 e. The Morgan fingerprint density at radius 2 is 1.81 bits per heavy atom. The van der Waals surface area contributed by atoms with Gasteiger partial charge in [-0.2, -0.15) is 0 Å². The molecule has 0 fully saturated rings. The number of ether oxygens (including phenoxy) is 2. The Morgan fingerprint density at radius 1 is 1.23 bits per heavy atom. The van der Waals surface area contributed by atoms with Gasteiger partial charge in [-0.15, -0.1) is 0 Å². The molecule has 0 heterocycles. The van der Waals surface area contributed by atoms with Crippen LogP contribution in [0.25, 0.3) is 0 Å². The van der Waals surface area contributed by atoms with Gasteiger partial charge in [-0.3, -0.25) is 4.18 Å². The number of aryl methyl sites for hydroxylation is 2. The van der Waals surface area contributed by atoms with E-state index in [9.17, 15) is 17.8 Å². The third-order valence-electron chi connectivity index (χ3n) is 3.04. The highest BCUT2D eigenvalue weighted by Gasteiger charge is 2.16. The summed E-state index contributed by atoms with van der Waals surface area (Å²) in [5.41, 5.74) is 2.13. The van der Waals surface area contributed by atoms with Crippen LogP contribution in [0.15, 0.2) is 17.0 Å². The first-order valence-electron chi connectivity index (χ1n) is 7.75. The second-order valence-electron chi connectivity index (χ2n) is 5.29. The highest BCUT2D eigenvalue weighted by molar-refractivity contribution is 7.95. The smallest absolute Gasteiger partial charge is 0.412 e. The van der Waals surface area contributed by atoms with Gasteiger partial charge in [-0.1, -0.05) is 0 Å². The Bertz CT molecular complexity index is 675. The van der Waals surface area contributed by atoms with Crippen LogP contribution in [0.4, 0.5) is 4.79 Å². The highest BCUT2D eigenvalue weighted by atomic mass is 32.3. The zero-order chi connectivity index (χ0) is 20.3. The molecule has 1 aromatic carbocycles. The predicted molar refractivity (Wildman–Crippen MR) is 101 cm³/mol. The molecule has 0 saturated carbocycles. The van der Waals surface area contributed by atoms with Gasteiger partial charge >= 0.3 is 6.09 Å². The molecule has 0 unspecified atom stereocenters. The fourth-order valence-corrected chi connectivity index (χ4v) is 2.93. The Hall–Kier alpha value is -1.33. The molecular formula is C16H27NO7S2. The molecule has 1 amide bonds. The number of rotatable bonds is 7. The van der Waals surface area contributed by atoms with Crippen molar-refractivity contribution in [2.75, 3.05) is 39.4 Å². The summed E-state index contributed by atoms with van der Waals surface area (Å²) in [5.74, 6) is 0.616. The first kappa shape index (κ1) is 24.7. The van der Waals surface area contributed by atoms with E-state index in [1.54, 1.807) is 0 Å². The number of amides is 1. The lowest BCUT2D eigenvalue weighted by molar-refractivity contribution is 0.145. The first-order chi connectivity index (χ1) is 12.0. The first-order valence-corrected chi connectivity index (χ1v) is 11.1. The van der Waals surface area contributed by atoms with E-state index >= 15 is 0 Å². The summed E-state index contributed by atoms with van der Waals surface area (Å²) < 4.78 is 41.5. The van der Waals surface area contributed by atoms with Gasteiger partial charge in [0.2, 0.25) is 10.4 Å². The number of benzene rings is 1. The normalized spacial score (nSPS) is 10.9. The van der Waals surface area contributed by atoms with Gasteiger partial charge in [0.25, 0.3) is 0 Å². The van der Waals surface area contributed by atoms with Gasteiger partial charge in [0.15, 0.2) is 4.90 Å². The van der Waals surface area contributed by atoms with Crippen molar-refractivity contribution in [1.82, 2.24) is 5.32 Å². The topological polar surface area (TPSA) is 114 Å². The van der Waals surface area contributed by atoms with Gasteiger partial charge in [-0.05, 0) is 32.4 Å². The summed E-state index contributed by atoms with van der Waals surface area (Å²) >= 11 is 0. The molecular weight excluding hydrogens is 382 g/mol. The number of carbonyl (C=O) groups is 1. The summed E-state index contributed by atoms with van der Waals surface area (Å²) in [5, 5.41) is 2.67. The molecule has 1 N–H and O–H groups in total. The van der Waals surface area contributed by atoms with Crippen LogP contribution in [0.2, 0.25) is 0 Å². The number of carbonyl (C=O) groups excluding carboxylic acids is 1. The average molecular weight is 410 g/mol. The van der Waals surface area contributed by atoms with Crippen LogP contribution in [-0.4, -0.2) is 58.4 Å². The molecule has 0 bridgehead atoms. The maximum atomic E-state index is 11.7. The van der Waals surface area contributed by atoms with E-state index in [4.69, 9.17) is 9.47 Å². The molecule has 26 heavy (non-hydrogen) atoms. The summed E-state index contributed by atoms with van der Waals surface area (Å²) in [7, 11) is -3.41. The van der Waals surface area contributed by atoms with Gasteiger partial charge in [-0.25, -0.2) is 13.2 Å². The highest BCUT2D eigenvalue weighted by Crippen LogP contribution is 2.26. The number of hydrogen-bond acceptors (Lipinski definition) is 7. The maximum Gasteiger partial charge on any atom is 0.412 e. The van der Waals surface area contributed by atoms with Crippen LogP contribution in [0.5, 0.6) is 5.75 Å². The molecule has 150 valence electrons. The lowest BCUT2D eigenvalue weighted by atomic mass is 10.1. The van der Waals surface area contributed by atoms with E-state index in [0.717, 1.165) is 18.2 Å². The third kappa shape index (κ3) is 10.6. The number of hydrogen-bond donors (Lipinski definition) is 1. The Kier molecular flexibility index (Phi) is 11.5. The minimum absolute atomic E-state index is 0.198. The standard InChI is InChI=1S/C15H23NO3S.CH4O4S/c1-6-18-8-7-16-15(17)19-13-9-12(3)14(20(4)5)10-11(13)2;1-5-6(2,3)4/h9-10H,6-8H2,1-5H3;1H3,(H,2,3,4). The lowest BCUT2D eigenvalue weighted by Gasteiger charge is -2.11. The second-order valence-corrected chi connectivity index (χ2v) is 8.51. The van der Waals surface area contributed by atoms with Crippen LogP contribution in [0.1, 0.15) is 18.1 Å². The molecule has 0 radical (unpaired) electrons. The predicted octanol–water partition coefficient (Wildman–Crippen LogP) is 1.76. The fraction of sp³-hybridized carbons (Fsp3) is 0.562. The Balaban J connectivity index is 0.000000896. The van der Waals surface area contributed by atoms with Crippen LogP contribution in [-0.2, 0) is 30.2 Å². The average Bonchev–Trinajstić information content (AvgIpc) is 2.54. The second kappa shape index (κ2) is 12.1. The number of nitrogens with one attached hydrogen (secondary N) is 1. The molecule has 0 aliphatic carbocycles. The van der Waals surface area contributed by atoms with Crippen molar-refractivity contribution >= 4 is 27.4 Å². The molecule has 1 rings (SSSR count). The molecule has 0 spiro atoms. The SMILES string of the molecule is CCOCCNC(=O)Oc1cc(C)c([S+](C)C)cc1C.COS(=O)(=O)[O-]. The van der Waals surface area contributed by atoms with Crippen LogP contribution < -0.4 is 10.1 Å². The van der Waals surface area contributed by atoms with Gasteiger partial charge in [0.05, 0.1) is 13.7 Å². The monoisotopic (exact) mass is 409 g/mol. The van der Waals surface area contributed by atoms with E-state index in [2.05, 4.69) is 28.1 Å².